The molecule has 0 amide bonds. The summed E-state index contributed by atoms with van der Waals surface area (Å²) in [7, 11) is 2.08. The van der Waals surface area contributed by atoms with Crippen LogP contribution < -0.4 is 9.64 Å². The van der Waals surface area contributed by atoms with Gasteiger partial charge in [-0.25, -0.2) is 0 Å². The number of rotatable bonds is 2. The van der Waals surface area contributed by atoms with Gasteiger partial charge in [0.25, 0.3) is 0 Å². The Morgan fingerprint density at radius 2 is 1.83 bits per heavy atom. The molecule has 0 atom stereocenters. The Morgan fingerprint density at radius 1 is 1.00 bits per heavy atom. The molecule has 1 heterocycles. The Balaban J connectivity index is 1.93. The van der Waals surface area contributed by atoms with E-state index in [4.69, 9.17) is 4.74 Å². The molecule has 0 radical (unpaired) electrons. The summed E-state index contributed by atoms with van der Waals surface area (Å²) < 4.78 is 5.72. The van der Waals surface area contributed by atoms with Gasteiger partial charge in [0.2, 0.25) is 0 Å². The normalized spacial score (nSPS) is 13.6. The van der Waals surface area contributed by atoms with Crippen LogP contribution in [0.4, 0.5) is 11.4 Å². The summed E-state index contributed by atoms with van der Waals surface area (Å²) in [5.41, 5.74) is 3.68. The Kier molecular flexibility index (Phi) is 2.93. The van der Waals surface area contributed by atoms with Crippen LogP contribution in [0.5, 0.6) is 5.75 Å². The fraction of sp³-hybridized carbons (Fsp3) is 0.250. The third kappa shape index (κ3) is 2.06. The maximum Gasteiger partial charge on any atom is 0.124 e. The van der Waals surface area contributed by atoms with E-state index in [0.717, 1.165) is 25.2 Å². The number of nitrogens with zero attached hydrogens (tertiary/aromatic N) is 1. The van der Waals surface area contributed by atoms with Gasteiger partial charge in [-0.2, -0.15) is 0 Å². The molecule has 1 aliphatic heterocycles. The molecule has 0 fully saturated rings. The summed E-state index contributed by atoms with van der Waals surface area (Å²) in [5, 5.41) is 0. The molecule has 2 nitrogen and oxygen atoms in total. The van der Waals surface area contributed by atoms with E-state index < -0.39 is 0 Å². The molecule has 0 aliphatic carbocycles. The summed E-state index contributed by atoms with van der Waals surface area (Å²) in [6.45, 7) is 0.839. The van der Waals surface area contributed by atoms with Crippen LogP contribution in [0.2, 0.25) is 0 Å². The van der Waals surface area contributed by atoms with Crippen LogP contribution >= 0.6 is 0 Å². The summed E-state index contributed by atoms with van der Waals surface area (Å²) in [6.07, 6.45) is 2.26. The second-order valence-electron chi connectivity index (χ2n) is 4.64. The smallest absolute Gasteiger partial charge is 0.124 e. The second kappa shape index (κ2) is 4.73. The van der Waals surface area contributed by atoms with Crippen molar-refractivity contribution in [2.75, 3.05) is 18.6 Å². The minimum atomic E-state index is 0.839. The van der Waals surface area contributed by atoms with Crippen molar-refractivity contribution >= 4 is 11.4 Å². The number of aryl methyl sites for hydroxylation is 1. The van der Waals surface area contributed by atoms with Crippen molar-refractivity contribution in [1.29, 1.82) is 0 Å². The van der Waals surface area contributed by atoms with Crippen molar-refractivity contribution in [3.05, 3.63) is 54.1 Å². The van der Waals surface area contributed by atoms with Crippen molar-refractivity contribution in [3.63, 3.8) is 0 Å². The van der Waals surface area contributed by atoms with E-state index in [0.29, 0.717) is 0 Å². The fourth-order valence-electron chi connectivity index (χ4n) is 2.34. The highest BCUT2D eigenvalue weighted by molar-refractivity contribution is 5.64. The van der Waals surface area contributed by atoms with Gasteiger partial charge >= 0.3 is 0 Å². The van der Waals surface area contributed by atoms with Crippen molar-refractivity contribution < 1.29 is 4.74 Å². The summed E-state index contributed by atoms with van der Waals surface area (Å²) in [4.78, 5) is 2.18. The van der Waals surface area contributed by atoms with E-state index >= 15 is 0 Å². The average molecular weight is 239 g/mol. The van der Waals surface area contributed by atoms with Gasteiger partial charge in [-0.05, 0) is 36.6 Å². The molecule has 0 unspecified atom stereocenters. The van der Waals surface area contributed by atoms with Gasteiger partial charge in [-0.15, -0.1) is 0 Å². The van der Waals surface area contributed by atoms with Crippen LogP contribution in [0.25, 0.3) is 0 Å². The number of ether oxygens (including phenoxy) is 1. The lowest BCUT2D eigenvalue weighted by Crippen LogP contribution is -2.12. The first-order valence-corrected chi connectivity index (χ1v) is 6.39. The van der Waals surface area contributed by atoms with Gasteiger partial charge in [0.15, 0.2) is 0 Å². The molecule has 1 aliphatic rings. The second-order valence-corrected chi connectivity index (χ2v) is 4.64. The molecular weight excluding hydrogens is 222 g/mol. The third-order valence-corrected chi connectivity index (χ3v) is 3.43. The highest BCUT2D eigenvalue weighted by Gasteiger charge is 2.12. The van der Waals surface area contributed by atoms with Gasteiger partial charge in [-0.3, -0.25) is 0 Å². The van der Waals surface area contributed by atoms with Crippen molar-refractivity contribution in [2.24, 2.45) is 0 Å². The highest BCUT2D eigenvalue weighted by atomic mass is 16.5. The molecule has 0 aromatic heterocycles. The first-order chi connectivity index (χ1) is 8.84. The zero-order chi connectivity index (χ0) is 12.4. The maximum atomic E-state index is 5.72. The van der Waals surface area contributed by atoms with Gasteiger partial charge in [0.1, 0.15) is 5.75 Å². The highest BCUT2D eigenvalue weighted by Crippen LogP contribution is 2.31. The minimum Gasteiger partial charge on any atom is -0.493 e. The van der Waals surface area contributed by atoms with Crippen molar-refractivity contribution in [2.45, 2.75) is 12.8 Å². The molecule has 0 bridgehead atoms. The lowest BCUT2D eigenvalue weighted by Gasteiger charge is -2.23. The van der Waals surface area contributed by atoms with E-state index in [-0.39, 0.29) is 0 Å². The number of hydrogen-bond donors (Lipinski definition) is 0. The van der Waals surface area contributed by atoms with Gasteiger partial charge in [0.05, 0.1) is 6.61 Å². The maximum absolute atomic E-state index is 5.72. The number of benzene rings is 2. The number of fused-ring (bicyclic) bond motifs is 1. The lowest BCUT2D eigenvalue weighted by atomic mass is 10.1. The first kappa shape index (κ1) is 11.1. The molecule has 2 heteroatoms. The Bertz CT molecular complexity index is 536. The zero-order valence-corrected chi connectivity index (χ0v) is 10.6. The zero-order valence-electron chi connectivity index (χ0n) is 10.6. The molecule has 92 valence electrons. The first-order valence-electron chi connectivity index (χ1n) is 6.39. The summed E-state index contributed by atoms with van der Waals surface area (Å²) in [6, 6.07) is 16.9. The average Bonchev–Trinajstić information content (AvgIpc) is 2.47. The minimum absolute atomic E-state index is 0.839. The Hall–Kier alpha value is -1.96. The van der Waals surface area contributed by atoms with Crippen LogP contribution in [0.3, 0.4) is 0 Å². The lowest BCUT2D eigenvalue weighted by molar-refractivity contribution is 0.288. The van der Waals surface area contributed by atoms with Gasteiger partial charge in [0, 0.05) is 24.5 Å². The van der Waals surface area contributed by atoms with E-state index in [1.165, 1.54) is 16.9 Å². The molecule has 0 spiro atoms. The molecule has 0 saturated heterocycles. The molecular formula is C16H17NO. The quantitative estimate of drug-likeness (QED) is 0.790. The van der Waals surface area contributed by atoms with Crippen LogP contribution in [-0.2, 0) is 6.42 Å². The summed E-state index contributed by atoms with van der Waals surface area (Å²) >= 11 is 0. The van der Waals surface area contributed by atoms with Crippen LogP contribution in [0.15, 0.2) is 48.5 Å². The van der Waals surface area contributed by atoms with Crippen LogP contribution in [-0.4, -0.2) is 13.7 Å². The SMILES string of the molecule is CN(c1ccccc1)c1ccc2c(c1)OCCC2. The van der Waals surface area contributed by atoms with Crippen molar-refractivity contribution in [3.8, 4) is 5.75 Å². The monoisotopic (exact) mass is 239 g/mol. The summed E-state index contributed by atoms with van der Waals surface area (Å²) in [5.74, 6) is 1.04. The largest absolute Gasteiger partial charge is 0.493 e. The van der Waals surface area contributed by atoms with Crippen LogP contribution in [0.1, 0.15) is 12.0 Å². The van der Waals surface area contributed by atoms with E-state index in [2.05, 4.69) is 54.4 Å². The predicted molar refractivity (Wildman–Crippen MR) is 74.8 cm³/mol. The van der Waals surface area contributed by atoms with E-state index in [1.54, 1.807) is 0 Å². The Labute approximate surface area is 108 Å². The Morgan fingerprint density at radius 3 is 2.67 bits per heavy atom. The molecule has 0 saturated carbocycles. The predicted octanol–water partition coefficient (Wildman–Crippen LogP) is 3.78. The molecule has 0 N–H and O–H groups in total. The number of para-hydroxylation sites is 1. The fourth-order valence-corrected chi connectivity index (χ4v) is 2.34. The third-order valence-electron chi connectivity index (χ3n) is 3.43. The molecule has 2 aromatic rings. The number of anilines is 2. The topological polar surface area (TPSA) is 12.5 Å². The van der Waals surface area contributed by atoms with Gasteiger partial charge in [-0.1, -0.05) is 24.3 Å². The molecule has 3 rings (SSSR count). The number of hydrogen-bond acceptors (Lipinski definition) is 2. The van der Waals surface area contributed by atoms with Crippen LogP contribution in [0, 0.1) is 0 Å². The standard InChI is InChI=1S/C16H17NO/c1-17(14-7-3-2-4-8-14)15-10-9-13-6-5-11-18-16(13)12-15/h2-4,7-10,12H,5-6,11H2,1H3. The molecule has 18 heavy (non-hydrogen) atoms. The van der Waals surface area contributed by atoms with Crippen molar-refractivity contribution in [1.82, 2.24) is 0 Å². The van der Waals surface area contributed by atoms with Gasteiger partial charge < -0.3 is 9.64 Å². The van der Waals surface area contributed by atoms with E-state index in [9.17, 15) is 0 Å². The molecule has 2 aromatic carbocycles. The van der Waals surface area contributed by atoms with E-state index in [1.807, 2.05) is 6.07 Å².